The van der Waals surface area contributed by atoms with Gasteiger partial charge in [0.15, 0.2) is 0 Å². The van der Waals surface area contributed by atoms with E-state index in [4.69, 9.17) is 10.8 Å². The molecule has 7 heteroatoms. The third kappa shape index (κ3) is 2.07. The molecule has 0 spiro atoms. The third-order valence-electron chi connectivity index (χ3n) is 2.42. The molecular formula is C8H13N5O2. The van der Waals surface area contributed by atoms with E-state index in [1.165, 1.54) is 11.0 Å². The van der Waals surface area contributed by atoms with Gasteiger partial charge in [0.2, 0.25) is 11.9 Å². The zero-order valence-corrected chi connectivity index (χ0v) is 8.20. The lowest BCUT2D eigenvalue weighted by Gasteiger charge is -2.38. The van der Waals surface area contributed by atoms with E-state index in [0.29, 0.717) is 13.1 Å². The molecule has 1 aliphatic rings. The number of anilines is 1. The minimum atomic E-state index is -0.0235. The second-order valence-electron chi connectivity index (χ2n) is 3.65. The largest absolute Gasteiger partial charge is 0.396 e. The molecule has 0 aromatic carbocycles. The van der Waals surface area contributed by atoms with E-state index < -0.39 is 0 Å². The molecule has 0 aliphatic carbocycles. The highest BCUT2D eigenvalue weighted by Gasteiger charge is 2.29. The molecule has 0 bridgehead atoms. The van der Waals surface area contributed by atoms with Gasteiger partial charge in [0.05, 0.1) is 0 Å². The van der Waals surface area contributed by atoms with Crippen LogP contribution in [0.25, 0.3) is 0 Å². The van der Waals surface area contributed by atoms with Crippen LogP contribution in [0.15, 0.2) is 6.33 Å². The van der Waals surface area contributed by atoms with E-state index in [1.807, 2.05) is 0 Å². The number of nitrogen functional groups attached to an aromatic ring is 1. The van der Waals surface area contributed by atoms with Gasteiger partial charge in [-0.25, -0.2) is 9.67 Å². The highest BCUT2D eigenvalue weighted by Crippen LogP contribution is 2.14. The van der Waals surface area contributed by atoms with Crippen LogP contribution in [0.5, 0.6) is 0 Å². The Balaban J connectivity index is 1.83. The lowest BCUT2D eigenvalue weighted by atomic mass is 10.0. The van der Waals surface area contributed by atoms with Gasteiger partial charge in [-0.15, -0.1) is 5.10 Å². The molecule has 1 amide bonds. The van der Waals surface area contributed by atoms with Gasteiger partial charge >= 0.3 is 0 Å². The Morgan fingerprint density at radius 1 is 1.67 bits per heavy atom. The van der Waals surface area contributed by atoms with Crippen molar-refractivity contribution < 1.29 is 9.90 Å². The molecule has 2 rings (SSSR count). The number of amides is 1. The quantitative estimate of drug-likeness (QED) is 0.621. The average molecular weight is 211 g/mol. The fraction of sp³-hybridized carbons (Fsp3) is 0.625. The van der Waals surface area contributed by atoms with Crippen molar-refractivity contribution in [2.45, 2.75) is 6.54 Å². The van der Waals surface area contributed by atoms with Crippen LogP contribution in [0, 0.1) is 5.92 Å². The average Bonchev–Trinajstić information content (AvgIpc) is 2.49. The molecule has 2 heterocycles. The first-order chi connectivity index (χ1) is 7.19. The second-order valence-corrected chi connectivity index (χ2v) is 3.65. The van der Waals surface area contributed by atoms with Crippen molar-refractivity contribution in [2.24, 2.45) is 5.92 Å². The van der Waals surface area contributed by atoms with Gasteiger partial charge in [-0.3, -0.25) is 4.79 Å². The summed E-state index contributed by atoms with van der Waals surface area (Å²) in [6.45, 7) is 1.54. The predicted molar refractivity (Wildman–Crippen MR) is 51.6 cm³/mol. The molecule has 0 atom stereocenters. The summed E-state index contributed by atoms with van der Waals surface area (Å²) in [5, 5.41) is 12.6. The SMILES string of the molecule is Nc1ncn(CC(=O)N2CC(CO)C2)n1. The van der Waals surface area contributed by atoms with Gasteiger partial charge in [-0.2, -0.15) is 0 Å². The maximum atomic E-state index is 11.6. The number of likely N-dealkylation sites (tertiary alicyclic amines) is 1. The van der Waals surface area contributed by atoms with Gasteiger partial charge in [0.25, 0.3) is 0 Å². The first-order valence-electron chi connectivity index (χ1n) is 4.72. The first-order valence-corrected chi connectivity index (χ1v) is 4.72. The fourth-order valence-electron chi connectivity index (χ4n) is 1.51. The van der Waals surface area contributed by atoms with Crippen LogP contribution in [0.2, 0.25) is 0 Å². The molecule has 1 aliphatic heterocycles. The van der Waals surface area contributed by atoms with E-state index in [1.54, 1.807) is 4.90 Å². The summed E-state index contributed by atoms with van der Waals surface area (Å²) in [6, 6.07) is 0. The predicted octanol–water partition coefficient (Wildman–Crippen LogP) is -1.69. The van der Waals surface area contributed by atoms with E-state index in [2.05, 4.69) is 10.1 Å². The number of aliphatic hydroxyl groups excluding tert-OH is 1. The summed E-state index contributed by atoms with van der Waals surface area (Å²) in [6.07, 6.45) is 1.43. The van der Waals surface area contributed by atoms with Crippen LogP contribution in [0.3, 0.4) is 0 Å². The van der Waals surface area contributed by atoms with Crippen LogP contribution in [0.4, 0.5) is 5.95 Å². The highest BCUT2D eigenvalue weighted by molar-refractivity contribution is 5.76. The summed E-state index contributed by atoms with van der Waals surface area (Å²) >= 11 is 0. The Labute approximate surface area is 86.5 Å². The fourth-order valence-corrected chi connectivity index (χ4v) is 1.51. The monoisotopic (exact) mass is 211 g/mol. The normalized spacial score (nSPS) is 16.5. The summed E-state index contributed by atoms with van der Waals surface area (Å²) in [4.78, 5) is 17.0. The van der Waals surface area contributed by atoms with Crippen LogP contribution in [0.1, 0.15) is 0 Å². The number of nitrogens with zero attached hydrogens (tertiary/aromatic N) is 4. The number of nitrogens with two attached hydrogens (primary N) is 1. The lowest BCUT2D eigenvalue weighted by Crippen LogP contribution is -2.52. The van der Waals surface area contributed by atoms with Gasteiger partial charge < -0.3 is 15.7 Å². The summed E-state index contributed by atoms with van der Waals surface area (Å²) in [7, 11) is 0. The molecule has 0 radical (unpaired) electrons. The van der Waals surface area contributed by atoms with Gasteiger partial charge in [0.1, 0.15) is 12.9 Å². The van der Waals surface area contributed by atoms with E-state index in [0.717, 1.165) is 0 Å². The Bertz CT molecular complexity index is 358. The van der Waals surface area contributed by atoms with Crippen LogP contribution in [-0.2, 0) is 11.3 Å². The van der Waals surface area contributed by atoms with Crippen molar-refractivity contribution in [3.63, 3.8) is 0 Å². The number of carbonyl (C=O) groups is 1. The number of aliphatic hydroxyl groups is 1. The van der Waals surface area contributed by atoms with Crippen molar-refractivity contribution in [1.29, 1.82) is 0 Å². The Hall–Kier alpha value is -1.63. The molecule has 1 fully saturated rings. The van der Waals surface area contributed by atoms with E-state index in [-0.39, 0.29) is 30.9 Å². The van der Waals surface area contributed by atoms with Crippen LogP contribution in [-0.4, -0.2) is 50.4 Å². The zero-order valence-electron chi connectivity index (χ0n) is 8.20. The third-order valence-corrected chi connectivity index (χ3v) is 2.42. The van der Waals surface area contributed by atoms with Gasteiger partial charge in [-0.05, 0) is 0 Å². The van der Waals surface area contributed by atoms with Crippen molar-refractivity contribution >= 4 is 11.9 Å². The minimum Gasteiger partial charge on any atom is -0.396 e. The Morgan fingerprint density at radius 3 is 2.93 bits per heavy atom. The van der Waals surface area contributed by atoms with Crippen LogP contribution < -0.4 is 5.73 Å². The number of rotatable bonds is 3. The van der Waals surface area contributed by atoms with Crippen LogP contribution >= 0.6 is 0 Å². The Kier molecular flexibility index (Phi) is 2.55. The zero-order chi connectivity index (χ0) is 10.8. The summed E-state index contributed by atoms with van der Waals surface area (Å²) in [5.41, 5.74) is 5.32. The molecule has 0 unspecified atom stereocenters. The van der Waals surface area contributed by atoms with Crippen molar-refractivity contribution in [3.05, 3.63) is 6.33 Å². The lowest BCUT2D eigenvalue weighted by molar-refractivity contribution is -0.139. The van der Waals surface area contributed by atoms with Gasteiger partial charge in [-0.1, -0.05) is 0 Å². The first kappa shape index (κ1) is 9.91. The molecule has 0 saturated carbocycles. The standard InChI is InChI=1S/C8H13N5O2/c9-8-10-5-13(11-8)3-7(15)12-1-6(2-12)4-14/h5-6,14H,1-4H2,(H2,9,11). The topological polar surface area (TPSA) is 97.3 Å². The van der Waals surface area contributed by atoms with E-state index in [9.17, 15) is 4.79 Å². The van der Waals surface area contributed by atoms with Crippen molar-refractivity contribution in [2.75, 3.05) is 25.4 Å². The number of hydrogen-bond acceptors (Lipinski definition) is 5. The number of aromatic nitrogens is 3. The van der Waals surface area contributed by atoms with E-state index >= 15 is 0 Å². The minimum absolute atomic E-state index is 0.0235. The summed E-state index contributed by atoms with van der Waals surface area (Å²) < 4.78 is 1.41. The van der Waals surface area contributed by atoms with Gasteiger partial charge in [0, 0.05) is 25.6 Å². The summed E-state index contributed by atoms with van der Waals surface area (Å²) in [5.74, 6) is 0.374. The highest BCUT2D eigenvalue weighted by atomic mass is 16.3. The van der Waals surface area contributed by atoms with Crippen molar-refractivity contribution in [1.82, 2.24) is 19.7 Å². The molecule has 82 valence electrons. The molecule has 1 aromatic heterocycles. The number of carbonyl (C=O) groups excluding carboxylic acids is 1. The Morgan fingerprint density at radius 2 is 2.40 bits per heavy atom. The molecule has 1 saturated heterocycles. The second kappa shape index (κ2) is 3.85. The maximum Gasteiger partial charge on any atom is 0.244 e. The van der Waals surface area contributed by atoms with Crippen molar-refractivity contribution in [3.8, 4) is 0 Å². The molecule has 3 N–H and O–H groups in total. The molecule has 15 heavy (non-hydrogen) atoms. The number of hydrogen-bond donors (Lipinski definition) is 2. The smallest absolute Gasteiger partial charge is 0.244 e. The maximum absolute atomic E-state index is 11.6. The molecule has 7 nitrogen and oxygen atoms in total. The molecular weight excluding hydrogens is 198 g/mol. The molecule has 1 aromatic rings.